The van der Waals surface area contributed by atoms with Crippen molar-refractivity contribution in [2.45, 2.75) is 32.3 Å². The molecule has 0 radical (unpaired) electrons. The quantitative estimate of drug-likeness (QED) is 0.914. The predicted molar refractivity (Wildman–Crippen MR) is 83.5 cm³/mol. The summed E-state index contributed by atoms with van der Waals surface area (Å²) in [6, 6.07) is 4.15. The highest BCUT2D eigenvalue weighted by Crippen LogP contribution is 2.20. The number of aromatic nitrogens is 4. The molecule has 6 heteroatoms. The molecule has 0 aliphatic carbocycles. The zero-order valence-electron chi connectivity index (χ0n) is 13.2. The minimum atomic E-state index is -0.00816. The number of H-pyrrole nitrogens is 1. The van der Waals surface area contributed by atoms with E-state index in [4.69, 9.17) is 4.74 Å². The van der Waals surface area contributed by atoms with Gasteiger partial charge in [0, 0.05) is 37.9 Å². The summed E-state index contributed by atoms with van der Waals surface area (Å²) in [5.41, 5.74) is 1.32. The van der Waals surface area contributed by atoms with Crippen molar-refractivity contribution in [1.29, 1.82) is 0 Å². The number of morpholine rings is 1. The summed E-state index contributed by atoms with van der Waals surface area (Å²) in [5.74, 6) is 2.03. The van der Waals surface area contributed by atoms with Crippen molar-refractivity contribution < 1.29 is 4.74 Å². The number of aromatic amines is 1. The summed E-state index contributed by atoms with van der Waals surface area (Å²) in [6.07, 6.45) is 4.72. The lowest BCUT2D eigenvalue weighted by Crippen LogP contribution is -2.39. The van der Waals surface area contributed by atoms with E-state index >= 15 is 0 Å². The first-order valence-electron chi connectivity index (χ1n) is 7.87. The SMILES string of the molecule is CC(C)c1n[nH]c([C@@H]2CN(CCc3ccncc3)CCO2)n1. The van der Waals surface area contributed by atoms with E-state index in [0.29, 0.717) is 5.92 Å². The number of nitrogens with one attached hydrogen (secondary N) is 1. The molecule has 3 rings (SSSR count). The molecule has 0 aromatic carbocycles. The topological polar surface area (TPSA) is 66.9 Å². The number of ether oxygens (including phenoxy) is 1. The van der Waals surface area contributed by atoms with Gasteiger partial charge in [0.1, 0.15) is 6.10 Å². The minimum Gasteiger partial charge on any atom is -0.368 e. The normalized spacial score (nSPS) is 19.7. The van der Waals surface area contributed by atoms with Crippen molar-refractivity contribution in [3.63, 3.8) is 0 Å². The molecule has 0 saturated carbocycles. The van der Waals surface area contributed by atoms with Gasteiger partial charge < -0.3 is 4.74 Å². The molecule has 22 heavy (non-hydrogen) atoms. The summed E-state index contributed by atoms with van der Waals surface area (Å²) in [6.45, 7) is 7.77. The smallest absolute Gasteiger partial charge is 0.155 e. The summed E-state index contributed by atoms with van der Waals surface area (Å²) in [5, 5.41) is 7.30. The van der Waals surface area contributed by atoms with E-state index in [0.717, 1.165) is 44.3 Å². The van der Waals surface area contributed by atoms with Crippen LogP contribution in [0.4, 0.5) is 0 Å². The van der Waals surface area contributed by atoms with Gasteiger partial charge in [-0.3, -0.25) is 15.0 Å². The maximum absolute atomic E-state index is 5.85. The van der Waals surface area contributed by atoms with Crippen LogP contribution in [0.3, 0.4) is 0 Å². The number of rotatable bonds is 5. The molecule has 0 spiro atoms. The Kier molecular flexibility index (Phi) is 4.80. The van der Waals surface area contributed by atoms with Crippen molar-refractivity contribution in [3.8, 4) is 0 Å². The van der Waals surface area contributed by atoms with E-state index < -0.39 is 0 Å². The fraction of sp³-hybridized carbons (Fsp3) is 0.562. The van der Waals surface area contributed by atoms with Crippen LogP contribution in [0.15, 0.2) is 24.5 Å². The maximum Gasteiger partial charge on any atom is 0.155 e. The van der Waals surface area contributed by atoms with Crippen molar-refractivity contribution in [2.75, 3.05) is 26.2 Å². The Bertz CT molecular complexity index is 583. The first-order valence-corrected chi connectivity index (χ1v) is 7.87. The average Bonchev–Trinajstić information content (AvgIpc) is 3.05. The zero-order chi connectivity index (χ0) is 15.4. The number of nitrogens with zero attached hydrogens (tertiary/aromatic N) is 4. The van der Waals surface area contributed by atoms with Crippen molar-refractivity contribution in [1.82, 2.24) is 25.1 Å². The lowest BCUT2D eigenvalue weighted by Gasteiger charge is -2.31. The molecule has 6 nitrogen and oxygen atoms in total. The molecule has 0 bridgehead atoms. The molecule has 1 aliphatic heterocycles. The third-order valence-electron chi connectivity index (χ3n) is 3.96. The van der Waals surface area contributed by atoms with Gasteiger partial charge in [-0.05, 0) is 24.1 Å². The maximum atomic E-state index is 5.85. The Balaban J connectivity index is 1.56. The van der Waals surface area contributed by atoms with Gasteiger partial charge in [0.2, 0.25) is 0 Å². The van der Waals surface area contributed by atoms with Gasteiger partial charge in [-0.15, -0.1) is 0 Å². The van der Waals surface area contributed by atoms with E-state index in [-0.39, 0.29) is 6.10 Å². The molecule has 1 saturated heterocycles. The van der Waals surface area contributed by atoms with Gasteiger partial charge in [-0.1, -0.05) is 13.8 Å². The van der Waals surface area contributed by atoms with Crippen LogP contribution < -0.4 is 0 Å². The van der Waals surface area contributed by atoms with Crippen LogP contribution in [-0.4, -0.2) is 51.3 Å². The highest BCUT2D eigenvalue weighted by molar-refractivity contribution is 5.10. The van der Waals surface area contributed by atoms with Crippen molar-refractivity contribution in [3.05, 3.63) is 41.7 Å². The first-order chi connectivity index (χ1) is 10.7. The van der Waals surface area contributed by atoms with Crippen LogP contribution in [-0.2, 0) is 11.2 Å². The second-order valence-electron chi connectivity index (χ2n) is 6.00. The lowest BCUT2D eigenvalue weighted by molar-refractivity contribution is -0.0337. The van der Waals surface area contributed by atoms with E-state index in [1.807, 2.05) is 12.4 Å². The summed E-state index contributed by atoms with van der Waals surface area (Å²) >= 11 is 0. The Hall–Kier alpha value is -1.79. The Morgan fingerprint density at radius 1 is 1.36 bits per heavy atom. The monoisotopic (exact) mass is 301 g/mol. The number of hydrogen-bond donors (Lipinski definition) is 1. The summed E-state index contributed by atoms with van der Waals surface area (Å²) in [4.78, 5) is 11.0. The number of hydrogen-bond acceptors (Lipinski definition) is 5. The first kappa shape index (κ1) is 15.1. The molecule has 1 fully saturated rings. The second kappa shape index (κ2) is 6.98. The van der Waals surface area contributed by atoms with E-state index in [2.05, 4.69) is 51.0 Å². The fourth-order valence-electron chi connectivity index (χ4n) is 2.60. The predicted octanol–water partition coefficient (Wildman–Crippen LogP) is 1.94. The highest BCUT2D eigenvalue weighted by atomic mass is 16.5. The number of pyridine rings is 1. The summed E-state index contributed by atoms with van der Waals surface area (Å²) in [7, 11) is 0. The van der Waals surface area contributed by atoms with Crippen LogP contribution in [0.5, 0.6) is 0 Å². The molecule has 1 N–H and O–H groups in total. The Labute approximate surface area is 130 Å². The largest absolute Gasteiger partial charge is 0.368 e. The van der Waals surface area contributed by atoms with Crippen LogP contribution in [0.1, 0.15) is 43.1 Å². The fourth-order valence-corrected chi connectivity index (χ4v) is 2.60. The molecule has 1 atom stereocenters. The summed E-state index contributed by atoms with van der Waals surface area (Å²) < 4.78 is 5.85. The molecule has 118 valence electrons. The van der Waals surface area contributed by atoms with Crippen LogP contribution in [0.2, 0.25) is 0 Å². The van der Waals surface area contributed by atoms with Gasteiger partial charge in [-0.25, -0.2) is 4.98 Å². The molecule has 1 aliphatic rings. The third kappa shape index (κ3) is 3.69. The van der Waals surface area contributed by atoms with E-state index in [9.17, 15) is 0 Å². The molecule has 0 amide bonds. The Morgan fingerprint density at radius 2 is 2.18 bits per heavy atom. The Morgan fingerprint density at radius 3 is 2.91 bits per heavy atom. The molecule has 2 aromatic heterocycles. The van der Waals surface area contributed by atoms with Crippen LogP contribution in [0.25, 0.3) is 0 Å². The highest BCUT2D eigenvalue weighted by Gasteiger charge is 2.25. The van der Waals surface area contributed by atoms with Gasteiger partial charge in [0.25, 0.3) is 0 Å². The van der Waals surface area contributed by atoms with E-state index in [1.54, 1.807) is 0 Å². The minimum absolute atomic E-state index is 0.00816. The molecule has 0 unspecified atom stereocenters. The van der Waals surface area contributed by atoms with Gasteiger partial charge in [-0.2, -0.15) is 5.10 Å². The standard InChI is InChI=1S/C16H23N5O/c1-12(2)15-18-16(20-19-15)14-11-21(9-10-22-14)8-5-13-3-6-17-7-4-13/h3-4,6-7,12,14H,5,8-11H2,1-2H3,(H,18,19,20)/t14-/m0/s1. The average molecular weight is 301 g/mol. The van der Waals surface area contributed by atoms with Crippen LogP contribution >= 0.6 is 0 Å². The lowest BCUT2D eigenvalue weighted by atomic mass is 10.1. The molecule has 3 heterocycles. The van der Waals surface area contributed by atoms with Gasteiger partial charge >= 0.3 is 0 Å². The second-order valence-corrected chi connectivity index (χ2v) is 6.00. The molecule has 2 aromatic rings. The van der Waals surface area contributed by atoms with Crippen molar-refractivity contribution >= 4 is 0 Å². The van der Waals surface area contributed by atoms with Crippen molar-refractivity contribution in [2.24, 2.45) is 0 Å². The van der Waals surface area contributed by atoms with E-state index in [1.165, 1.54) is 5.56 Å². The molecular weight excluding hydrogens is 278 g/mol. The van der Waals surface area contributed by atoms with Gasteiger partial charge in [0.15, 0.2) is 11.6 Å². The zero-order valence-corrected chi connectivity index (χ0v) is 13.2. The van der Waals surface area contributed by atoms with Crippen LogP contribution in [0, 0.1) is 0 Å². The third-order valence-corrected chi connectivity index (χ3v) is 3.96. The van der Waals surface area contributed by atoms with Gasteiger partial charge in [0.05, 0.1) is 6.61 Å². The molecular formula is C16H23N5O.